The molecule has 164 valence electrons. The van der Waals surface area contributed by atoms with Gasteiger partial charge in [-0.1, -0.05) is 6.92 Å². The van der Waals surface area contributed by atoms with Crippen molar-refractivity contribution in [2.75, 3.05) is 19.6 Å². The van der Waals surface area contributed by atoms with Gasteiger partial charge >= 0.3 is 6.03 Å². The lowest BCUT2D eigenvalue weighted by molar-refractivity contribution is -0.143. The lowest BCUT2D eigenvalue weighted by Gasteiger charge is -2.47. The van der Waals surface area contributed by atoms with Crippen LogP contribution in [0.5, 0.6) is 0 Å². The molecule has 0 radical (unpaired) electrons. The quantitative estimate of drug-likeness (QED) is 0.371. The molecule has 2 aliphatic heterocycles. The highest BCUT2D eigenvalue weighted by Crippen LogP contribution is 2.32. The van der Waals surface area contributed by atoms with Gasteiger partial charge in [0.05, 0.1) is 17.7 Å². The van der Waals surface area contributed by atoms with E-state index in [1.165, 1.54) is 6.39 Å². The molecule has 0 aromatic carbocycles. The number of amides is 4. The number of carbonyl (C=O) groups excluding carboxylic acids is 3. The fourth-order valence-electron chi connectivity index (χ4n) is 4.18. The predicted octanol–water partition coefficient (Wildman–Crippen LogP) is -1.30. The molecular weight excluding hydrogens is 398 g/mol. The third-order valence-corrected chi connectivity index (χ3v) is 5.64. The number of hydrogen-bond acceptors (Lipinski definition) is 7. The maximum Gasteiger partial charge on any atom is 0.315 e. The molecule has 0 bridgehead atoms. The largest absolute Gasteiger partial charge is 0.483 e. The lowest BCUT2D eigenvalue weighted by Crippen LogP contribution is -2.70. The molecule has 0 unspecified atom stereocenters. The van der Waals surface area contributed by atoms with E-state index >= 15 is 0 Å². The summed E-state index contributed by atoms with van der Waals surface area (Å²) >= 11 is 0. The van der Waals surface area contributed by atoms with Crippen molar-refractivity contribution in [3.8, 4) is 0 Å². The maximum atomic E-state index is 12.7. The highest BCUT2D eigenvalue weighted by atomic mass is 16.3. The van der Waals surface area contributed by atoms with E-state index in [9.17, 15) is 19.5 Å². The van der Waals surface area contributed by atoms with Crippen molar-refractivity contribution >= 4 is 24.3 Å². The smallest absolute Gasteiger partial charge is 0.315 e. The van der Waals surface area contributed by atoms with Crippen molar-refractivity contribution in [3.63, 3.8) is 0 Å². The molecular formula is C18H25N5O7. The zero-order valence-corrected chi connectivity index (χ0v) is 16.5. The molecule has 1 aliphatic carbocycles. The molecule has 12 nitrogen and oxygen atoms in total. The molecule has 3 aliphatic rings. The number of aliphatic hydroxyl groups is 1. The molecule has 3 heterocycles. The summed E-state index contributed by atoms with van der Waals surface area (Å²) in [5.74, 6) is -0.310. The molecule has 1 saturated carbocycles. The maximum absolute atomic E-state index is 12.7. The number of nitrogens with one attached hydrogen (secondary N) is 3. The number of aliphatic hydroxyl groups excluding tert-OH is 1. The van der Waals surface area contributed by atoms with Crippen LogP contribution in [0.2, 0.25) is 0 Å². The van der Waals surface area contributed by atoms with Crippen molar-refractivity contribution in [2.24, 2.45) is 5.92 Å². The standard InChI is InChI=1S/C17H23N5O5.CH2O2/c1-2-12-13(19-8-27-12)14(24)20-10-3-9(4-11(10)23)15(25)22-6-17(7-22)5-18-16(26)21-17;2-1-3/h8-11,23H,2-7H2,1H3,(H,20,24)(H2,18,21,26);1H,(H,2,3)/t9-,10-,11-;/m0./s1. The lowest BCUT2D eigenvalue weighted by atomic mass is 9.89. The number of rotatable bonds is 4. The number of carboxylic acid groups (broad SMARTS) is 1. The minimum Gasteiger partial charge on any atom is -0.483 e. The zero-order chi connectivity index (χ0) is 21.9. The summed E-state index contributed by atoms with van der Waals surface area (Å²) < 4.78 is 5.16. The van der Waals surface area contributed by atoms with E-state index in [1.54, 1.807) is 4.90 Å². The minimum atomic E-state index is -0.789. The van der Waals surface area contributed by atoms with Gasteiger partial charge in [-0.05, 0) is 12.8 Å². The van der Waals surface area contributed by atoms with Crippen LogP contribution in [-0.2, 0) is 16.0 Å². The highest BCUT2D eigenvalue weighted by Gasteiger charge is 2.51. The van der Waals surface area contributed by atoms with E-state index in [2.05, 4.69) is 20.9 Å². The molecule has 3 fully saturated rings. The summed E-state index contributed by atoms with van der Waals surface area (Å²) in [4.78, 5) is 50.4. The van der Waals surface area contributed by atoms with Crippen LogP contribution in [0, 0.1) is 5.92 Å². The fourth-order valence-corrected chi connectivity index (χ4v) is 4.18. The summed E-state index contributed by atoms with van der Waals surface area (Å²) in [7, 11) is 0. The average molecular weight is 423 g/mol. The van der Waals surface area contributed by atoms with E-state index in [-0.39, 0.29) is 35.6 Å². The van der Waals surface area contributed by atoms with Crippen molar-refractivity contribution in [1.29, 1.82) is 0 Å². The van der Waals surface area contributed by atoms with Gasteiger partial charge in [0.15, 0.2) is 12.1 Å². The van der Waals surface area contributed by atoms with Crippen molar-refractivity contribution in [2.45, 2.75) is 43.9 Å². The first-order chi connectivity index (χ1) is 14.3. The number of carbonyl (C=O) groups is 4. The molecule has 1 spiro atoms. The first-order valence-electron chi connectivity index (χ1n) is 9.66. The van der Waals surface area contributed by atoms with Crippen LogP contribution < -0.4 is 16.0 Å². The van der Waals surface area contributed by atoms with Crippen molar-refractivity contribution in [3.05, 3.63) is 17.8 Å². The number of oxazole rings is 1. The normalized spacial score (nSPS) is 26.1. The van der Waals surface area contributed by atoms with Gasteiger partial charge in [0.1, 0.15) is 5.76 Å². The van der Waals surface area contributed by atoms with E-state index in [0.717, 1.165) is 0 Å². The van der Waals surface area contributed by atoms with Gasteiger partial charge in [-0.15, -0.1) is 0 Å². The zero-order valence-electron chi connectivity index (χ0n) is 16.5. The van der Waals surface area contributed by atoms with Crippen LogP contribution in [0.1, 0.15) is 36.0 Å². The van der Waals surface area contributed by atoms with Gasteiger partial charge in [-0.2, -0.15) is 0 Å². The number of aryl methyl sites for hydroxylation is 1. The number of urea groups is 1. The van der Waals surface area contributed by atoms with Crippen LogP contribution >= 0.6 is 0 Å². The minimum absolute atomic E-state index is 0.0479. The fraction of sp³-hybridized carbons (Fsp3) is 0.611. The first kappa shape index (κ1) is 21.6. The Labute approximate surface area is 172 Å². The summed E-state index contributed by atoms with van der Waals surface area (Å²) in [5.41, 5.74) is -0.144. The summed E-state index contributed by atoms with van der Waals surface area (Å²) in [6.45, 7) is 3.05. The molecule has 4 rings (SSSR count). The van der Waals surface area contributed by atoms with E-state index < -0.39 is 18.1 Å². The molecule has 4 amide bonds. The summed E-state index contributed by atoms with van der Waals surface area (Å²) in [6, 6.07) is -0.712. The van der Waals surface area contributed by atoms with Gasteiger partial charge in [-0.25, -0.2) is 9.78 Å². The SMILES string of the molecule is CCc1ocnc1C(=O)N[C@H]1C[C@H](C(=O)N2CC3(CNC(=O)N3)C2)C[C@@H]1O.O=CO. The van der Waals surface area contributed by atoms with Crippen molar-refractivity contribution in [1.82, 2.24) is 25.8 Å². The number of hydrogen-bond donors (Lipinski definition) is 5. The molecule has 5 N–H and O–H groups in total. The Hall–Kier alpha value is -3.15. The monoisotopic (exact) mass is 423 g/mol. The number of aromatic nitrogens is 1. The Balaban J connectivity index is 0.000000806. The second-order valence-electron chi connectivity index (χ2n) is 7.68. The number of nitrogens with zero attached hydrogens (tertiary/aromatic N) is 2. The van der Waals surface area contributed by atoms with Gasteiger partial charge in [0.25, 0.3) is 12.4 Å². The molecule has 2 saturated heterocycles. The Morgan fingerprint density at radius 2 is 2.13 bits per heavy atom. The van der Waals surface area contributed by atoms with Gasteiger partial charge in [-0.3, -0.25) is 14.4 Å². The van der Waals surface area contributed by atoms with Gasteiger partial charge in [0, 0.05) is 32.0 Å². The molecule has 3 atom stereocenters. The molecule has 30 heavy (non-hydrogen) atoms. The number of likely N-dealkylation sites (tertiary alicyclic amines) is 1. The van der Waals surface area contributed by atoms with Crippen LogP contribution in [0.3, 0.4) is 0 Å². The van der Waals surface area contributed by atoms with Crippen LogP contribution in [0.15, 0.2) is 10.8 Å². The topological polar surface area (TPSA) is 174 Å². The second-order valence-corrected chi connectivity index (χ2v) is 7.68. The molecule has 12 heteroatoms. The van der Waals surface area contributed by atoms with Crippen LogP contribution in [-0.4, -0.2) is 81.7 Å². The van der Waals surface area contributed by atoms with Crippen LogP contribution in [0.25, 0.3) is 0 Å². The van der Waals surface area contributed by atoms with Gasteiger partial charge in [0.2, 0.25) is 5.91 Å². The third-order valence-electron chi connectivity index (χ3n) is 5.64. The Bertz CT molecular complexity index is 820. The summed E-state index contributed by atoms with van der Waals surface area (Å²) in [5, 5.41) is 25.5. The second kappa shape index (κ2) is 8.69. The average Bonchev–Trinajstić information content (AvgIpc) is 3.39. The third kappa shape index (κ3) is 4.22. The Morgan fingerprint density at radius 3 is 2.73 bits per heavy atom. The molecule has 1 aromatic rings. The predicted molar refractivity (Wildman–Crippen MR) is 100 cm³/mol. The van der Waals surface area contributed by atoms with Gasteiger partial charge < -0.3 is 35.5 Å². The first-order valence-corrected chi connectivity index (χ1v) is 9.66. The van der Waals surface area contributed by atoms with E-state index in [4.69, 9.17) is 14.3 Å². The van der Waals surface area contributed by atoms with Crippen molar-refractivity contribution < 1.29 is 33.8 Å². The van der Waals surface area contributed by atoms with E-state index in [1.807, 2.05) is 6.92 Å². The highest BCUT2D eigenvalue weighted by molar-refractivity contribution is 5.93. The van der Waals surface area contributed by atoms with E-state index in [0.29, 0.717) is 44.7 Å². The Morgan fingerprint density at radius 1 is 1.43 bits per heavy atom. The van der Waals surface area contributed by atoms with Crippen LogP contribution in [0.4, 0.5) is 4.79 Å². The summed E-state index contributed by atoms with van der Waals surface area (Å²) in [6.07, 6.45) is 1.65. The molecule has 1 aromatic heterocycles. The Kier molecular flexibility index (Phi) is 6.25.